The van der Waals surface area contributed by atoms with E-state index in [4.69, 9.17) is 6.57 Å². The van der Waals surface area contributed by atoms with Gasteiger partial charge in [0.1, 0.15) is 6.54 Å². The fraction of sp³-hybridized carbons (Fsp3) is 0.200. The summed E-state index contributed by atoms with van der Waals surface area (Å²) in [5, 5.41) is 0. The number of aliphatic imine (C=N–C) groups is 1. The molecule has 1 aliphatic heterocycles. The second kappa shape index (κ2) is 1.57. The molecule has 0 fully saturated rings. The first-order valence-corrected chi connectivity index (χ1v) is 2.02. The number of nitrogens with zero attached hydrogens (tertiary/aromatic N) is 2. The average molecular weight is 92.1 g/mol. The Labute approximate surface area is 42.0 Å². The van der Waals surface area contributed by atoms with E-state index in [0.29, 0.717) is 12.4 Å². The van der Waals surface area contributed by atoms with Gasteiger partial charge in [-0.25, -0.2) is 0 Å². The van der Waals surface area contributed by atoms with Crippen LogP contribution in [0.15, 0.2) is 17.1 Å². The molecule has 0 atom stereocenters. The highest BCUT2D eigenvalue weighted by atomic mass is 14.9. The Bertz CT molecular complexity index is 159. The molecule has 0 aromatic heterocycles. The fourth-order valence-electron chi connectivity index (χ4n) is 0.430. The molecular weight excluding hydrogens is 88.1 g/mol. The van der Waals surface area contributed by atoms with Gasteiger partial charge in [0.05, 0.1) is 0 Å². The topological polar surface area (TPSA) is 16.7 Å². The normalized spacial score (nSPS) is 16.1. The molecule has 0 saturated heterocycles. The van der Waals surface area contributed by atoms with Gasteiger partial charge in [-0.3, -0.25) is 0 Å². The molecule has 2 heteroatoms. The minimum atomic E-state index is 0.528. The molecule has 0 bridgehead atoms. The Morgan fingerprint density at radius 1 is 1.86 bits per heavy atom. The number of amidine groups is 1. The summed E-state index contributed by atoms with van der Waals surface area (Å²) in [6, 6.07) is 0. The standard InChI is InChI=1S/C5H4N2/c1-6-5-3-2-4-7-5/h2-3H,4H2. The van der Waals surface area contributed by atoms with E-state index < -0.39 is 0 Å². The highest BCUT2D eigenvalue weighted by Crippen LogP contribution is 1.92. The zero-order chi connectivity index (χ0) is 5.11. The molecule has 1 aliphatic rings. The molecule has 0 saturated carbocycles. The molecule has 0 aromatic rings. The summed E-state index contributed by atoms with van der Waals surface area (Å²) in [6.45, 7) is 7.14. The van der Waals surface area contributed by atoms with Crippen molar-refractivity contribution in [2.75, 3.05) is 6.54 Å². The molecule has 34 valence electrons. The van der Waals surface area contributed by atoms with Gasteiger partial charge < -0.3 is 4.85 Å². The van der Waals surface area contributed by atoms with Crippen LogP contribution in [0.1, 0.15) is 0 Å². The third-order valence-corrected chi connectivity index (χ3v) is 0.740. The fourth-order valence-corrected chi connectivity index (χ4v) is 0.430. The molecule has 0 spiro atoms. The van der Waals surface area contributed by atoms with Crippen LogP contribution in [0.4, 0.5) is 0 Å². The number of hydrogen-bond donors (Lipinski definition) is 0. The Balaban J connectivity index is 2.75. The number of rotatable bonds is 0. The van der Waals surface area contributed by atoms with E-state index in [1.165, 1.54) is 0 Å². The van der Waals surface area contributed by atoms with Crippen LogP contribution < -0.4 is 0 Å². The third-order valence-electron chi connectivity index (χ3n) is 0.740. The highest BCUT2D eigenvalue weighted by Gasteiger charge is 1.94. The highest BCUT2D eigenvalue weighted by molar-refractivity contribution is 6.02. The van der Waals surface area contributed by atoms with E-state index in [2.05, 4.69) is 9.84 Å². The molecule has 0 aromatic carbocycles. The Morgan fingerprint density at radius 2 is 2.71 bits per heavy atom. The monoisotopic (exact) mass is 92.0 g/mol. The molecule has 1 rings (SSSR count). The Hall–Kier alpha value is -1.10. The van der Waals surface area contributed by atoms with Gasteiger partial charge in [-0.1, -0.05) is 6.57 Å². The molecule has 0 amide bonds. The maximum Gasteiger partial charge on any atom is 0.264 e. The molecule has 0 aliphatic carbocycles. The summed E-state index contributed by atoms with van der Waals surface area (Å²) in [5.41, 5.74) is 0. The van der Waals surface area contributed by atoms with Crippen LogP contribution in [0.5, 0.6) is 0 Å². The summed E-state index contributed by atoms with van der Waals surface area (Å²) >= 11 is 0. The Kier molecular flexibility index (Phi) is 0.910. The summed E-state index contributed by atoms with van der Waals surface area (Å²) in [5.74, 6) is 0.528. The van der Waals surface area contributed by atoms with Gasteiger partial charge in [-0.2, -0.15) is 4.99 Å². The van der Waals surface area contributed by atoms with E-state index >= 15 is 0 Å². The van der Waals surface area contributed by atoms with Gasteiger partial charge in [0, 0.05) is 0 Å². The van der Waals surface area contributed by atoms with Crippen molar-refractivity contribution in [2.24, 2.45) is 4.99 Å². The zero-order valence-electron chi connectivity index (χ0n) is 3.76. The van der Waals surface area contributed by atoms with E-state index in [-0.39, 0.29) is 0 Å². The van der Waals surface area contributed by atoms with Gasteiger partial charge in [-0.05, 0) is 12.2 Å². The first kappa shape index (κ1) is 4.07. The second-order valence-corrected chi connectivity index (χ2v) is 1.21. The predicted octanol–water partition coefficient (Wildman–Crippen LogP) is 0.874. The molecule has 1 heterocycles. The summed E-state index contributed by atoms with van der Waals surface area (Å²) in [4.78, 5) is 6.91. The van der Waals surface area contributed by atoms with E-state index in [1.807, 2.05) is 6.08 Å². The smallest absolute Gasteiger partial charge is 0.264 e. The summed E-state index contributed by atoms with van der Waals surface area (Å²) in [6.07, 6.45) is 3.60. The van der Waals surface area contributed by atoms with E-state index in [0.717, 1.165) is 0 Å². The van der Waals surface area contributed by atoms with Crippen LogP contribution in [0.25, 0.3) is 4.85 Å². The average Bonchev–Trinajstić information content (AvgIpc) is 2.14. The van der Waals surface area contributed by atoms with Gasteiger partial charge in [0.15, 0.2) is 0 Å². The minimum Gasteiger partial charge on any atom is -0.361 e. The first-order chi connectivity index (χ1) is 3.43. The predicted molar refractivity (Wildman–Crippen MR) is 28.0 cm³/mol. The zero-order valence-corrected chi connectivity index (χ0v) is 3.76. The molecule has 0 radical (unpaired) electrons. The minimum absolute atomic E-state index is 0.528. The first-order valence-electron chi connectivity index (χ1n) is 2.02. The molecule has 0 unspecified atom stereocenters. The van der Waals surface area contributed by atoms with Gasteiger partial charge >= 0.3 is 0 Å². The lowest BCUT2D eigenvalue weighted by atomic mass is 10.5. The molecule has 2 nitrogen and oxygen atoms in total. The van der Waals surface area contributed by atoms with Gasteiger partial charge in [0.25, 0.3) is 5.84 Å². The summed E-state index contributed by atoms with van der Waals surface area (Å²) < 4.78 is 0. The van der Waals surface area contributed by atoms with Crippen LogP contribution in [0.2, 0.25) is 0 Å². The molecule has 7 heavy (non-hydrogen) atoms. The van der Waals surface area contributed by atoms with Crippen molar-refractivity contribution in [3.05, 3.63) is 23.6 Å². The van der Waals surface area contributed by atoms with Crippen molar-refractivity contribution in [1.29, 1.82) is 0 Å². The van der Waals surface area contributed by atoms with Gasteiger partial charge in [-0.15, -0.1) is 0 Å². The third kappa shape index (κ3) is 0.660. The van der Waals surface area contributed by atoms with Crippen molar-refractivity contribution < 1.29 is 0 Å². The lowest BCUT2D eigenvalue weighted by Crippen LogP contribution is -1.74. The second-order valence-electron chi connectivity index (χ2n) is 1.21. The van der Waals surface area contributed by atoms with Crippen LogP contribution in [0.3, 0.4) is 0 Å². The largest absolute Gasteiger partial charge is 0.361 e. The molecule has 0 N–H and O–H groups in total. The van der Waals surface area contributed by atoms with Crippen molar-refractivity contribution >= 4 is 5.84 Å². The van der Waals surface area contributed by atoms with Crippen molar-refractivity contribution in [2.45, 2.75) is 0 Å². The van der Waals surface area contributed by atoms with Crippen LogP contribution in [-0.2, 0) is 0 Å². The van der Waals surface area contributed by atoms with Crippen molar-refractivity contribution in [1.82, 2.24) is 0 Å². The summed E-state index contributed by atoms with van der Waals surface area (Å²) in [7, 11) is 0. The van der Waals surface area contributed by atoms with E-state index in [9.17, 15) is 0 Å². The van der Waals surface area contributed by atoms with Crippen LogP contribution >= 0.6 is 0 Å². The van der Waals surface area contributed by atoms with Crippen molar-refractivity contribution in [3.63, 3.8) is 0 Å². The molecular formula is C5H4N2. The maximum atomic E-state index is 6.44. The number of hydrogen-bond acceptors (Lipinski definition) is 1. The van der Waals surface area contributed by atoms with E-state index in [1.54, 1.807) is 6.08 Å². The van der Waals surface area contributed by atoms with Gasteiger partial charge in [0.2, 0.25) is 0 Å². The quantitative estimate of drug-likeness (QED) is 0.394. The Morgan fingerprint density at radius 3 is 3.00 bits per heavy atom. The SMILES string of the molecule is [C-]#[N+]C1=NCC=C1. The van der Waals surface area contributed by atoms with Crippen LogP contribution in [0, 0.1) is 6.57 Å². The maximum absolute atomic E-state index is 6.44. The lowest BCUT2D eigenvalue weighted by molar-refractivity contribution is 1.29. The van der Waals surface area contributed by atoms with Crippen molar-refractivity contribution in [3.8, 4) is 0 Å². The van der Waals surface area contributed by atoms with Crippen LogP contribution in [-0.4, -0.2) is 12.4 Å². The lowest BCUT2D eigenvalue weighted by Gasteiger charge is -1.71.